The Hall–Kier alpha value is -3.73. The molecule has 0 radical (unpaired) electrons. The number of hydrogen-bond donors (Lipinski definition) is 1. The van der Waals surface area contributed by atoms with Crippen LogP contribution in [-0.2, 0) is 6.54 Å². The van der Waals surface area contributed by atoms with Gasteiger partial charge in [-0.05, 0) is 55.5 Å². The lowest BCUT2D eigenvalue weighted by Crippen LogP contribution is -1.97. The first-order valence-corrected chi connectivity index (χ1v) is 9.35. The zero-order valence-electron chi connectivity index (χ0n) is 15.5. The van der Waals surface area contributed by atoms with Gasteiger partial charge in [0.05, 0.1) is 5.69 Å². The average molecular weight is 365 g/mol. The lowest BCUT2D eigenvalue weighted by atomic mass is 10.1. The third-order valence-electron chi connectivity index (χ3n) is 5.00. The van der Waals surface area contributed by atoms with Crippen LogP contribution in [0.2, 0.25) is 0 Å². The normalized spacial score (nSPS) is 11.2. The van der Waals surface area contributed by atoms with E-state index >= 15 is 0 Å². The Labute approximate surface area is 162 Å². The van der Waals surface area contributed by atoms with E-state index < -0.39 is 0 Å². The fourth-order valence-corrected chi connectivity index (χ4v) is 3.70. The molecule has 5 heteroatoms. The summed E-state index contributed by atoms with van der Waals surface area (Å²) in [4.78, 5) is 4.04. The van der Waals surface area contributed by atoms with Crippen molar-refractivity contribution in [2.45, 2.75) is 13.5 Å². The fourth-order valence-electron chi connectivity index (χ4n) is 3.70. The maximum Gasteiger partial charge on any atom is 0.153 e. The predicted octanol–water partition coefficient (Wildman–Crippen LogP) is 5.41. The highest BCUT2D eigenvalue weighted by atomic mass is 15.2. The quantitative estimate of drug-likeness (QED) is 0.463. The summed E-state index contributed by atoms with van der Waals surface area (Å²) in [6.07, 6.45) is 3.51. The molecular weight excluding hydrogens is 346 g/mol. The molecule has 3 aromatic heterocycles. The van der Waals surface area contributed by atoms with E-state index in [1.165, 1.54) is 21.8 Å². The summed E-state index contributed by atoms with van der Waals surface area (Å²) < 4.78 is 2.35. The number of pyridine rings is 1. The number of hydrogen-bond acceptors (Lipinski definition) is 4. The Morgan fingerprint density at radius 1 is 0.821 bits per heavy atom. The number of rotatable bonds is 4. The van der Waals surface area contributed by atoms with Crippen molar-refractivity contribution in [2.24, 2.45) is 0 Å². The van der Waals surface area contributed by atoms with Gasteiger partial charge in [-0.15, -0.1) is 10.2 Å². The van der Waals surface area contributed by atoms with Crippen LogP contribution in [-0.4, -0.2) is 19.7 Å². The molecule has 28 heavy (non-hydrogen) atoms. The van der Waals surface area contributed by atoms with E-state index in [9.17, 15) is 0 Å². The number of aryl methyl sites for hydroxylation is 1. The standard InChI is InChI=1S/C23H19N5/c1-2-28-21-6-4-3-5-18(21)19-15-17(7-9-22(19)28)25-23-10-8-20(26-27-23)16-11-13-24-14-12-16/h3-15H,2H2,1H3,(H,25,27). The van der Waals surface area contributed by atoms with Crippen molar-refractivity contribution in [3.8, 4) is 11.3 Å². The largest absolute Gasteiger partial charge is 0.341 e. The molecule has 2 aromatic carbocycles. The molecule has 0 amide bonds. The predicted molar refractivity (Wildman–Crippen MR) is 114 cm³/mol. The second kappa shape index (κ2) is 6.78. The molecule has 5 nitrogen and oxygen atoms in total. The number of aromatic nitrogens is 4. The van der Waals surface area contributed by atoms with Gasteiger partial charge < -0.3 is 9.88 Å². The highest BCUT2D eigenvalue weighted by Crippen LogP contribution is 2.31. The van der Waals surface area contributed by atoms with Crippen molar-refractivity contribution >= 4 is 33.3 Å². The van der Waals surface area contributed by atoms with Gasteiger partial charge in [-0.3, -0.25) is 4.98 Å². The minimum absolute atomic E-state index is 0.719. The van der Waals surface area contributed by atoms with Crippen molar-refractivity contribution < 1.29 is 0 Å². The molecule has 0 atom stereocenters. The highest BCUT2D eigenvalue weighted by Gasteiger charge is 2.10. The van der Waals surface area contributed by atoms with Gasteiger partial charge in [0.15, 0.2) is 5.82 Å². The maximum atomic E-state index is 4.33. The third-order valence-corrected chi connectivity index (χ3v) is 5.00. The molecule has 0 saturated carbocycles. The summed E-state index contributed by atoms with van der Waals surface area (Å²) in [6.45, 7) is 3.12. The minimum Gasteiger partial charge on any atom is -0.341 e. The first-order valence-electron chi connectivity index (χ1n) is 9.35. The van der Waals surface area contributed by atoms with Crippen LogP contribution in [0.4, 0.5) is 11.5 Å². The van der Waals surface area contributed by atoms with E-state index in [0.717, 1.165) is 29.3 Å². The van der Waals surface area contributed by atoms with Crippen molar-refractivity contribution in [2.75, 3.05) is 5.32 Å². The number of fused-ring (bicyclic) bond motifs is 3. The van der Waals surface area contributed by atoms with Gasteiger partial charge in [0, 0.05) is 52.0 Å². The fraction of sp³-hybridized carbons (Fsp3) is 0.0870. The third kappa shape index (κ3) is 2.77. The molecule has 0 aliphatic rings. The first-order chi connectivity index (χ1) is 13.8. The lowest BCUT2D eigenvalue weighted by molar-refractivity contribution is 0.827. The molecule has 0 spiro atoms. The molecule has 3 heterocycles. The molecule has 1 N–H and O–H groups in total. The van der Waals surface area contributed by atoms with E-state index in [0.29, 0.717) is 0 Å². The summed E-state index contributed by atoms with van der Waals surface area (Å²) in [6, 6.07) is 22.7. The average Bonchev–Trinajstić information content (AvgIpc) is 3.08. The van der Waals surface area contributed by atoms with Crippen molar-refractivity contribution in [1.82, 2.24) is 19.7 Å². The van der Waals surface area contributed by atoms with Crippen LogP contribution in [0.3, 0.4) is 0 Å². The Morgan fingerprint density at radius 3 is 2.43 bits per heavy atom. The Balaban J connectivity index is 1.49. The SMILES string of the molecule is CCn1c2ccccc2c2cc(Nc3ccc(-c4ccncc4)nn3)ccc21. The van der Waals surface area contributed by atoms with Gasteiger partial charge in [-0.2, -0.15) is 0 Å². The molecule has 136 valence electrons. The summed E-state index contributed by atoms with van der Waals surface area (Å²) in [7, 11) is 0. The Morgan fingerprint density at radius 2 is 1.64 bits per heavy atom. The van der Waals surface area contributed by atoms with Crippen LogP contribution in [0.15, 0.2) is 79.1 Å². The second-order valence-corrected chi connectivity index (χ2v) is 6.66. The molecule has 0 aliphatic carbocycles. The highest BCUT2D eigenvalue weighted by molar-refractivity contribution is 6.09. The second-order valence-electron chi connectivity index (χ2n) is 6.66. The molecule has 0 bridgehead atoms. The summed E-state index contributed by atoms with van der Waals surface area (Å²) >= 11 is 0. The van der Waals surface area contributed by atoms with Crippen molar-refractivity contribution in [3.63, 3.8) is 0 Å². The zero-order chi connectivity index (χ0) is 18.9. The molecule has 0 fully saturated rings. The van der Waals surface area contributed by atoms with Gasteiger partial charge >= 0.3 is 0 Å². The number of para-hydroxylation sites is 1. The lowest BCUT2D eigenvalue weighted by Gasteiger charge is -2.07. The van der Waals surface area contributed by atoms with Gasteiger partial charge in [-0.1, -0.05) is 18.2 Å². The van der Waals surface area contributed by atoms with E-state index in [1.54, 1.807) is 12.4 Å². The van der Waals surface area contributed by atoms with Gasteiger partial charge in [-0.25, -0.2) is 0 Å². The molecular formula is C23H19N5. The number of anilines is 2. The van der Waals surface area contributed by atoms with Crippen LogP contribution < -0.4 is 5.32 Å². The summed E-state index contributed by atoms with van der Waals surface area (Å²) in [5, 5.41) is 14.5. The first kappa shape index (κ1) is 16.4. The van der Waals surface area contributed by atoms with Crippen LogP contribution in [0, 0.1) is 0 Å². The van der Waals surface area contributed by atoms with Crippen LogP contribution in [0.1, 0.15) is 6.92 Å². The monoisotopic (exact) mass is 365 g/mol. The van der Waals surface area contributed by atoms with Gasteiger partial charge in [0.1, 0.15) is 0 Å². The number of nitrogens with one attached hydrogen (secondary N) is 1. The molecule has 5 aromatic rings. The summed E-state index contributed by atoms with van der Waals surface area (Å²) in [5.41, 5.74) is 5.33. The van der Waals surface area contributed by atoms with Crippen LogP contribution in [0.25, 0.3) is 33.1 Å². The maximum absolute atomic E-state index is 4.33. The van der Waals surface area contributed by atoms with Crippen molar-refractivity contribution in [1.29, 1.82) is 0 Å². The molecule has 0 unspecified atom stereocenters. The van der Waals surface area contributed by atoms with E-state index in [1.807, 2.05) is 24.3 Å². The van der Waals surface area contributed by atoms with Crippen molar-refractivity contribution in [3.05, 3.63) is 79.1 Å². The Kier molecular flexibility index (Phi) is 3.98. The van der Waals surface area contributed by atoms with E-state index in [-0.39, 0.29) is 0 Å². The summed E-state index contributed by atoms with van der Waals surface area (Å²) in [5.74, 6) is 0.719. The minimum atomic E-state index is 0.719. The van der Waals surface area contributed by atoms with Gasteiger partial charge in [0.2, 0.25) is 0 Å². The van der Waals surface area contributed by atoms with Crippen LogP contribution in [0.5, 0.6) is 0 Å². The van der Waals surface area contributed by atoms with Crippen LogP contribution >= 0.6 is 0 Å². The Bertz CT molecular complexity index is 1260. The number of benzene rings is 2. The number of nitrogens with zero attached hydrogens (tertiary/aromatic N) is 4. The smallest absolute Gasteiger partial charge is 0.153 e. The molecule has 0 saturated heterocycles. The van der Waals surface area contributed by atoms with E-state index in [2.05, 4.69) is 74.5 Å². The zero-order valence-corrected chi connectivity index (χ0v) is 15.5. The van der Waals surface area contributed by atoms with E-state index in [4.69, 9.17) is 0 Å². The topological polar surface area (TPSA) is 55.6 Å². The molecule has 5 rings (SSSR count). The van der Waals surface area contributed by atoms with Gasteiger partial charge in [0.25, 0.3) is 0 Å². The molecule has 0 aliphatic heterocycles.